The summed E-state index contributed by atoms with van der Waals surface area (Å²) >= 11 is 0. The van der Waals surface area contributed by atoms with Crippen LogP contribution in [-0.2, 0) is 11.3 Å². The Balaban J connectivity index is 2.31. The SMILES string of the molecule is COCC(CCCN)NCc1ccncn1. The second kappa shape index (κ2) is 8.15. The van der Waals surface area contributed by atoms with E-state index in [9.17, 15) is 0 Å². The van der Waals surface area contributed by atoms with E-state index in [1.165, 1.54) is 0 Å². The van der Waals surface area contributed by atoms with E-state index in [-0.39, 0.29) is 0 Å². The van der Waals surface area contributed by atoms with E-state index < -0.39 is 0 Å². The maximum Gasteiger partial charge on any atom is 0.115 e. The van der Waals surface area contributed by atoms with Gasteiger partial charge in [0.15, 0.2) is 0 Å². The van der Waals surface area contributed by atoms with Crippen LogP contribution in [0.2, 0.25) is 0 Å². The first kappa shape index (κ1) is 13.0. The maximum absolute atomic E-state index is 5.49. The summed E-state index contributed by atoms with van der Waals surface area (Å²) in [7, 11) is 1.71. The summed E-state index contributed by atoms with van der Waals surface area (Å²) < 4.78 is 5.15. The lowest BCUT2D eigenvalue weighted by Crippen LogP contribution is -2.33. The van der Waals surface area contributed by atoms with E-state index in [1.807, 2.05) is 6.07 Å². The van der Waals surface area contributed by atoms with E-state index in [2.05, 4.69) is 15.3 Å². The molecular formula is C11H20N4O. The fourth-order valence-electron chi connectivity index (χ4n) is 1.48. The van der Waals surface area contributed by atoms with Crippen LogP contribution < -0.4 is 11.1 Å². The zero-order chi connectivity index (χ0) is 11.6. The molecule has 0 aliphatic rings. The van der Waals surface area contributed by atoms with Crippen LogP contribution in [-0.4, -0.2) is 36.3 Å². The largest absolute Gasteiger partial charge is 0.383 e. The summed E-state index contributed by atoms with van der Waals surface area (Å²) in [6.07, 6.45) is 5.33. The Morgan fingerprint density at radius 2 is 2.44 bits per heavy atom. The summed E-state index contributed by atoms with van der Waals surface area (Å²) in [5.41, 5.74) is 6.48. The summed E-state index contributed by atoms with van der Waals surface area (Å²) in [6.45, 7) is 2.15. The van der Waals surface area contributed by atoms with Crippen LogP contribution in [0.5, 0.6) is 0 Å². The first-order chi connectivity index (χ1) is 7.86. The van der Waals surface area contributed by atoms with Crippen molar-refractivity contribution in [3.8, 4) is 0 Å². The molecule has 5 nitrogen and oxygen atoms in total. The van der Waals surface area contributed by atoms with Crippen LogP contribution in [0.3, 0.4) is 0 Å². The molecule has 0 radical (unpaired) electrons. The third-order valence-electron chi connectivity index (χ3n) is 2.34. The number of ether oxygens (including phenoxy) is 1. The lowest BCUT2D eigenvalue weighted by molar-refractivity contribution is 0.161. The smallest absolute Gasteiger partial charge is 0.115 e. The van der Waals surface area contributed by atoms with E-state index in [0.717, 1.165) is 31.6 Å². The van der Waals surface area contributed by atoms with Gasteiger partial charge >= 0.3 is 0 Å². The zero-order valence-electron chi connectivity index (χ0n) is 9.72. The Morgan fingerprint density at radius 3 is 3.06 bits per heavy atom. The maximum atomic E-state index is 5.49. The Labute approximate surface area is 96.4 Å². The van der Waals surface area contributed by atoms with Gasteiger partial charge in [-0.25, -0.2) is 9.97 Å². The molecule has 0 aliphatic carbocycles. The Morgan fingerprint density at radius 1 is 1.56 bits per heavy atom. The monoisotopic (exact) mass is 224 g/mol. The van der Waals surface area contributed by atoms with Crippen LogP contribution in [0, 0.1) is 0 Å². The highest BCUT2D eigenvalue weighted by atomic mass is 16.5. The molecule has 0 bridgehead atoms. The van der Waals surface area contributed by atoms with E-state index in [0.29, 0.717) is 12.6 Å². The van der Waals surface area contributed by atoms with Gasteiger partial charge in [-0.3, -0.25) is 0 Å². The molecule has 0 saturated heterocycles. The molecule has 1 aromatic rings. The predicted octanol–water partition coefficient (Wildman–Crippen LogP) is 0.320. The molecule has 0 aromatic carbocycles. The van der Waals surface area contributed by atoms with Gasteiger partial charge < -0.3 is 15.8 Å². The highest BCUT2D eigenvalue weighted by molar-refractivity contribution is 4.97. The van der Waals surface area contributed by atoms with Crippen molar-refractivity contribution < 1.29 is 4.74 Å². The minimum atomic E-state index is 0.337. The second-order valence-electron chi connectivity index (χ2n) is 3.66. The molecule has 1 rings (SSSR count). The molecule has 90 valence electrons. The Hall–Kier alpha value is -1.04. The van der Waals surface area contributed by atoms with Crippen molar-refractivity contribution in [3.63, 3.8) is 0 Å². The number of hydrogen-bond acceptors (Lipinski definition) is 5. The molecule has 1 atom stereocenters. The summed E-state index contributed by atoms with van der Waals surface area (Å²) in [4.78, 5) is 8.03. The van der Waals surface area contributed by atoms with Crippen molar-refractivity contribution in [2.24, 2.45) is 5.73 Å². The quantitative estimate of drug-likeness (QED) is 0.665. The number of nitrogens with one attached hydrogen (secondary N) is 1. The number of methoxy groups -OCH3 is 1. The number of hydrogen-bond donors (Lipinski definition) is 2. The van der Waals surface area contributed by atoms with Crippen LogP contribution in [0.15, 0.2) is 18.6 Å². The molecule has 16 heavy (non-hydrogen) atoms. The van der Waals surface area contributed by atoms with Gasteiger partial charge in [0, 0.05) is 25.9 Å². The Kier molecular flexibility index (Phi) is 6.64. The van der Waals surface area contributed by atoms with E-state index in [4.69, 9.17) is 10.5 Å². The van der Waals surface area contributed by atoms with Crippen LogP contribution in [0.25, 0.3) is 0 Å². The third kappa shape index (κ3) is 5.16. The number of nitrogens with two attached hydrogens (primary N) is 1. The van der Waals surface area contributed by atoms with Gasteiger partial charge in [0.05, 0.1) is 12.3 Å². The number of nitrogens with zero attached hydrogens (tertiary/aromatic N) is 2. The van der Waals surface area contributed by atoms with Gasteiger partial charge in [0.25, 0.3) is 0 Å². The molecule has 0 aliphatic heterocycles. The molecule has 0 fully saturated rings. The minimum Gasteiger partial charge on any atom is -0.383 e. The van der Waals surface area contributed by atoms with Crippen molar-refractivity contribution in [2.45, 2.75) is 25.4 Å². The molecule has 1 aromatic heterocycles. The van der Waals surface area contributed by atoms with Gasteiger partial charge in [0.1, 0.15) is 6.33 Å². The molecule has 0 spiro atoms. The van der Waals surface area contributed by atoms with Gasteiger partial charge in [-0.2, -0.15) is 0 Å². The van der Waals surface area contributed by atoms with Crippen molar-refractivity contribution >= 4 is 0 Å². The Bertz CT molecular complexity index is 268. The average molecular weight is 224 g/mol. The third-order valence-corrected chi connectivity index (χ3v) is 2.34. The fourth-order valence-corrected chi connectivity index (χ4v) is 1.48. The highest BCUT2D eigenvalue weighted by Gasteiger charge is 2.07. The lowest BCUT2D eigenvalue weighted by atomic mass is 10.1. The van der Waals surface area contributed by atoms with Gasteiger partial charge in [0.2, 0.25) is 0 Å². The van der Waals surface area contributed by atoms with Gasteiger partial charge in [-0.05, 0) is 25.5 Å². The van der Waals surface area contributed by atoms with Crippen molar-refractivity contribution in [3.05, 3.63) is 24.3 Å². The number of aromatic nitrogens is 2. The molecular weight excluding hydrogens is 204 g/mol. The number of rotatable bonds is 8. The first-order valence-corrected chi connectivity index (χ1v) is 5.54. The zero-order valence-corrected chi connectivity index (χ0v) is 9.72. The van der Waals surface area contributed by atoms with Crippen LogP contribution >= 0.6 is 0 Å². The summed E-state index contributed by atoms with van der Waals surface area (Å²) in [6, 6.07) is 2.24. The first-order valence-electron chi connectivity index (χ1n) is 5.54. The summed E-state index contributed by atoms with van der Waals surface area (Å²) in [5, 5.41) is 3.40. The van der Waals surface area contributed by atoms with Gasteiger partial charge in [-0.15, -0.1) is 0 Å². The van der Waals surface area contributed by atoms with Crippen molar-refractivity contribution in [1.29, 1.82) is 0 Å². The van der Waals surface area contributed by atoms with Gasteiger partial charge in [-0.1, -0.05) is 0 Å². The van der Waals surface area contributed by atoms with Crippen LogP contribution in [0.4, 0.5) is 0 Å². The molecule has 5 heteroatoms. The fraction of sp³-hybridized carbons (Fsp3) is 0.636. The summed E-state index contributed by atoms with van der Waals surface area (Å²) in [5.74, 6) is 0. The molecule has 1 unspecified atom stereocenters. The lowest BCUT2D eigenvalue weighted by Gasteiger charge is -2.17. The average Bonchev–Trinajstić information content (AvgIpc) is 2.34. The van der Waals surface area contributed by atoms with Crippen molar-refractivity contribution in [1.82, 2.24) is 15.3 Å². The molecule has 1 heterocycles. The normalized spacial score (nSPS) is 12.6. The second-order valence-corrected chi connectivity index (χ2v) is 3.66. The van der Waals surface area contributed by atoms with E-state index >= 15 is 0 Å². The standard InChI is InChI=1S/C11H20N4O/c1-16-8-11(3-2-5-12)14-7-10-4-6-13-9-15-10/h4,6,9,11,14H,2-3,5,7-8,12H2,1H3. The topological polar surface area (TPSA) is 73.1 Å². The molecule has 0 saturated carbocycles. The highest BCUT2D eigenvalue weighted by Crippen LogP contribution is 1.99. The van der Waals surface area contributed by atoms with Crippen molar-refractivity contribution in [2.75, 3.05) is 20.3 Å². The van der Waals surface area contributed by atoms with Crippen LogP contribution in [0.1, 0.15) is 18.5 Å². The van der Waals surface area contributed by atoms with E-state index in [1.54, 1.807) is 19.6 Å². The molecule has 0 amide bonds. The minimum absolute atomic E-state index is 0.337. The molecule has 3 N–H and O–H groups in total. The predicted molar refractivity (Wildman–Crippen MR) is 62.8 cm³/mol.